The SMILES string of the molecule is Cc1nc(-c2ccccc2)sc1C(O)P(=O)(OC(C)C)OC(C)C. The van der Waals surface area contributed by atoms with Crippen molar-refractivity contribution < 1.29 is 18.7 Å². The van der Waals surface area contributed by atoms with Gasteiger partial charge in [-0.15, -0.1) is 11.3 Å². The minimum Gasteiger partial charge on any atom is -0.375 e. The van der Waals surface area contributed by atoms with Crippen LogP contribution in [-0.4, -0.2) is 22.3 Å². The third-order valence-electron chi connectivity index (χ3n) is 3.10. The number of benzene rings is 1. The summed E-state index contributed by atoms with van der Waals surface area (Å²) in [7, 11) is -3.72. The number of hydrogen-bond donors (Lipinski definition) is 1. The number of aromatic nitrogens is 1. The van der Waals surface area contributed by atoms with E-state index < -0.39 is 13.4 Å². The summed E-state index contributed by atoms with van der Waals surface area (Å²) < 4.78 is 24.1. The van der Waals surface area contributed by atoms with Gasteiger partial charge in [-0.25, -0.2) is 4.98 Å². The van der Waals surface area contributed by atoms with Crippen LogP contribution in [0, 0.1) is 6.92 Å². The van der Waals surface area contributed by atoms with Gasteiger partial charge in [-0.2, -0.15) is 0 Å². The first kappa shape index (κ1) is 19.3. The number of aryl methyl sites for hydroxylation is 1. The lowest BCUT2D eigenvalue weighted by Gasteiger charge is -2.26. The summed E-state index contributed by atoms with van der Waals surface area (Å²) >= 11 is 1.31. The molecule has 0 radical (unpaired) electrons. The van der Waals surface area contributed by atoms with E-state index in [1.165, 1.54) is 11.3 Å². The average Bonchev–Trinajstić information content (AvgIpc) is 2.87. The van der Waals surface area contributed by atoms with Crippen molar-refractivity contribution in [3.63, 3.8) is 0 Å². The van der Waals surface area contributed by atoms with Crippen LogP contribution in [0.25, 0.3) is 10.6 Å². The maximum atomic E-state index is 13.1. The molecule has 0 aliphatic carbocycles. The standard InChI is InChI=1S/C17H24NO4PS/c1-11(2)21-23(20,22-12(3)4)17(19)15-13(5)18-16(24-15)14-9-7-6-8-10-14/h6-12,17,19H,1-5H3. The zero-order chi connectivity index (χ0) is 17.9. The molecule has 5 nitrogen and oxygen atoms in total. The summed E-state index contributed by atoms with van der Waals surface area (Å²) in [6.45, 7) is 8.84. The summed E-state index contributed by atoms with van der Waals surface area (Å²) in [6.07, 6.45) is -0.655. The third kappa shape index (κ3) is 4.52. The normalized spacial score (nSPS) is 13.7. The largest absolute Gasteiger partial charge is 0.375 e. The predicted octanol–water partition coefficient (Wildman–Crippen LogP) is 5.15. The molecule has 0 aliphatic heterocycles. The van der Waals surface area contributed by atoms with E-state index >= 15 is 0 Å². The van der Waals surface area contributed by atoms with E-state index in [0.717, 1.165) is 10.6 Å². The Bertz CT molecular complexity index is 701. The maximum Gasteiger partial charge on any atom is 0.364 e. The monoisotopic (exact) mass is 369 g/mol. The molecule has 132 valence electrons. The van der Waals surface area contributed by atoms with Gasteiger partial charge in [0.1, 0.15) is 5.01 Å². The van der Waals surface area contributed by atoms with Crippen LogP contribution >= 0.6 is 18.9 Å². The van der Waals surface area contributed by atoms with Crippen molar-refractivity contribution >= 4 is 18.9 Å². The maximum absolute atomic E-state index is 13.1. The number of aliphatic hydroxyl groups excluding tert-OH is 1. The smallest absolute Gasteiger partial charge is 0.364 e. The molecule has 0 fully saturated rings. The van der Waals surface area contributed by atoms with Crippen molar-refractivity contribution in [2.75, 3.05) is 0 Å². The molecule has 1 atom stereocenters. The number of aliphatic hydroxyl groups is 1. The molecule has 1 unspecified atom stereocenters. The highest BCUT2D eigenvalue weighted by Crippen LogP contribution is 2.62. The van der Waals surface area contributed by atoms with Crippen molar-refractivity contribution in [3.05, 3.63) is 40.9 Å². The Hall–Kier alpha value is -1.04. The van der Waals surface area contributed by atoms with Crippen LogP contribution in [0.1, 0.15) is 44.1 Å². The van der Waals surface area contributed by atoms with Gasteiger partial charge in [-0.3, -0.25) is 4.57 Å². The van der Waals surface area contributed by atoms with E-state index in [1.807, 2.05) is 30.3 Å². The first-order valence-electron chi connectivity index (χ1n) is 7.90. The molecule has 1 heterocycles. The number of nitrogens with zero attached hydrogens (tertiary/aromatic N) is 1. The molecule has 0 saturated carbocycles. The fourth-order valence-electron chi connectivity index (χ4n) is 2.22. The zero-order valence-electron chi connectivity index (χ0n) is 14.6. The van der Waals surface area contributed by atoms with Crippen molar-refractivity contribution in [1.82, 2.24) is 4.98 Å². The Balaban J connectivity index is 2.38. The molecule has 7 heteroatoms. The summed E-state index contributed by atoms with van der Waals surface area (Å²) in [5.41, 5.74) is 1.58. The van der Waals surface area contributed by atoms with E-state index in [4.69, 9.17) is 9.05 Å². The van der Waals surface area contributed by atoms with E-state index in [-0.39, 0.29) is 12.2 Å². The average molecular weight is 369 g/mol. The van der Waals surface area contributed by atoms with Gasteiger partial charge in [0.05, 0.1) is 22.8 Å². The summed E-state index contributed by atoms with van der Waals surface area (Å²) in [5.74, 6) is -1.35. The molecule has 2 aromatic rings. The molecule has 2 rings (SSSR count). The van der Waals surface area contributed by atoms with Crippen LogP contribution in [0.2, 0.25) is 0 Å². The van der Waals surface area contributed by atoms with Crippen molar-refractivity contribution in [1.29, 1.82) is 0 Å². The Labute approximate surface area is 147 Å². The Morgan fingerprint density at radius 3 is 2.12 bits per heavy atom. The van der Waals surface area contributed by atoms with Gasteiger partial charge in [0.2, 0.25) is 0 Å². The highest BCUT2D eigenvalue weighted by atomic mass is 32.1. The topological polar surface area (TPSA) is 68.7 Å². The lowest BCUT2D eigenvalue weighted by atomic mass is 10.2. The number of hydrogen-bond acceptors (Lipinski definition) is 6. The first-order valence-corrected chi connectivity index (χ1v) is 10.3. The Morgan fingerprint density at radius 1 is 1.08 bits per heavy atom. The first-order chi connectivity index (χ1) is 11.2. The van der Waals surface area contributed by atoms with Crippen LogP contribution in [0.4, 0.5) is 0 Å². The van der Waals surface area contributed by atoms with Crippen molar-refractivity contribution in [2.45, 2.75) is 52.7 Å². The van der Waals surface area contributed by atoms with E-state index in [9.17, 15) is 9.67 Å². The second kappa shape index (κ2) is 7.89. The second-order valence-electron chi connectivity index (χ2n) is 6.06. The van der Waals surface area contributed by atoms with Gasteiger partial charge >= 0.3 is 7.60 Å². The Morgan fingerprint density at radius 2 is 1.62 bits per heavy atom. The van der Waals surface area contributed by atoms with Crippen LogP contribution in [0.5, 0.6) is 0 Å². The van der Waals surface area contributed by atoms with Gasteiger partial charge in [0, 0.05) is 5.56 Å². The van der Waals surface area contributed by atoms with Gasteiger partial charge < -0.3 is 14.2 Å². The van der Waals surface area contributed by atoms with Crippen molar-refractivity contribution in [3.8, 4) is 10.6 Å². The van der Waals surface area contributed by atoms with Gasteiger partial charge in [0.25, 0.3) is 0 Å². The summed E-state index contributed by atoms with van der Waals surface area (Å²) in [5, 5.41) is 11.5. The van der Waals surface area contributed by atoms with E-state index in [0.29, 0.717) is 10.6 Å². The minimum atomic E-state index is -3.72. The molecule has 0 spiro atoms. The van der Waals surface area contributed by atoms with Crippen LogP contribution in [0.15, 0.2) is 30.3 Å². The van der Waals surface area contributed by atoms with Crippen molar-refractivity contribution in [2.24, 2.45) is 0 Å². The third-order valence-corrected chi connectivity index (χ3v) is 6.82. The number of rotatable bonds is 7. The fourth-order valence-corrected chi connectivity index (χ4v) is 5.64. The predicted molar refractivity (Wildman–Crippen MR) is 97.3 cm³/mol. The lowest BCUT2D eigenvalue weighted by molar-refractivity contribution is 0.102. The van der Waals surface area contributed by atoms with Gasteiger partial charge in [0.15, 0.2) is 5.85 Å². The molecule has 1 aromatic carbocycles. The quantitative estimate of drug-likeness (QED) is 0.683. The fraction of sp³-hybridized carbons (Fsp3) is 0.471. The van der Waals surface area contributed by atoms with Crippen LogP contribution < -0.4 is 0 Å². The molecule has 1 aromatic heterocycles. The molecule has 0 saturated heterocycles. The number of thiazole rings is 1. The molecule has 0 amide bonds. The molecule has 24 heavy (non-hydrogen) atoms. The van der Waals surface area contributed by atoms with E-state index in [1.54, 1.807) is 34.6 Å². The van der Waals surface area contributed by atoms with Crippen LogP contribution in [0.3, 0.4) is 0 Å². The summed E-state index contributed by atoms with van der Waals surface area (Å²) in [4.78, 5) is 5.01. The molecule has 0 bridgehead atoms. The lowest BCUT2D eigenvalue weighted by Crippen LogP contribution is -2.13. The highest BCUT2D eigenvalue weighted by molar-refractivity contribution is 7.54. The van der Waals surface area contributed by atoms with Crippen LogP contribution in [-0.2, 0) is 13.6 Å². The van der Waals surface area contributed by atoms with E-state index in [2.05, 4.69) is 4.98 Å². The minimum absolute atomic E-state index is 0.328. The summed E-state index contributed by atoms with van der Waals surface area (Å²) in [6, 6.07) is 9.68. The van der Waals surface area contributed by atoms with Gasteiger partial charge in [-0.1, -0.05) is 30.3 Å². The molecular formula is C17H24NO4PS. The van der Waals surface area contributed by atoms with Gasteiger partial charge in [-0.05, 0) is 34.6 Å². The molecule has 0 aliphatic rings. The molecular weight excluding hydrogens is 345 g/mol. The Kier molecular flexibility index (Phi) is 6.34. The molecule has 1 N–H and O–H groups in total. The zero-order valence-corrected chi connectivity index (χ0v) is 16.3. The second-order valence-corrected chi connectivity index (χ2v) is 9.08. The highest BCUT2D eigenvalue weighted by Gasteiger charge is 2.40.